The highest BCUT2D eigenvalue weighted by molar-refractivity contribution is 7.13. The smallest absolute Gasteiger partial charge is 0.197 e. The van der Waals surface area contributed by atoms with E-state index >= 15 is 0 Å². The van der Waals surface area contributed by atoms with Crippen LogP contribution in [0.5, 0.6) is 0 Å². The van der Waals surface area contributed by atoms with Gasteiger partial charge in [-0.2, -0.15) is 0 Å². The number of hydrogen-bond donors (Lipinski definition) is 0. The number of nitrogens with zero attached hydrogens (tertiary/aromatic N) is 1. The van der Waals surface area contributed by atoms with E-state index in [4.69, 9.17) is 4.42 Å². The third-order valence-corrected chi connectivity index (χ3v) is 2.67. The quantitative estimate of drug-likeness (QED) is 0.729. The molecule has 0 bridgehead atoms. The first-order valence-corrected chi connectivity index (χ1v) is 5.15. The van der Waals surface area contributed by atoms with Crippen LogP contribution in [-0.2, 0) is 0 Å². The average molecular weight is 193 g/mol. The Hall–Kier alpha value is -1.09. The fourth-order valence-electron chi connectivity index (χ4n) is 1.09. The Morgan fingerprint density at radius 3 is 2.85 bits per heavy atom. The van der Waals surface area contributed by atoms with E-state index in [0.29, 0.717) is 5.92 Å². The highest BCUT2D eigenvalue weighted by atomic mass is 32.1. The second kappa shape index (κ2) is 3.34. The first-order valence-electron chi connectivity index (χ1n) is 4.27. The molecule has 0 aromatic carbocycles. The lowest BCUT2D eigenvalue weighted by atomic mass is 10.2. The molecule has 2 nitrogen and oxygen atoms in total. The lowest BCUT2D eigenvalue weighted by Crippen LogP contribution is -1.84. The number of aromatic nitrogens is 1. The van der Waals surface area contributed by atoms with Crippen molar-refractivity contribution in [1.29, 1.82) is 0 Å². The molecule has 2 aromatic heterocycles. The third-order valence-electron chi connectivity index (χ3n) is 1.78. The summed E-state index contributed by atoms with van der Waals surface area (Å²) < 4.78 is 5.59. The maximum Gasteiger partial charge on any atom is 0.197 e. The van der Waals surface area contributed by atoms with Crippen LogP contribution in [0.3, 0.4) is 0 Å². The molecule has 0 saturated carbocycles. The van der Waals surface area contributed by atoms with Gasteiger partial charge in [-0.3, -0.25) is 0 Å². The van der Waals surface area contributed by atoms with Crippen molar-refractivity contribution in [2.75, 3.05) is 0 Å². The molecule has 0 aliphatic carbocycles. The van der Waals surface area contributed by atoms with Gasteiger partial charge in [0.2, 0.25) is 0 Å². The van der Waals surface area contributed by atoms with E-state index in [1.54, 1.807) is 17.5 Å². The van der Waals surface area contributed by atoms with E-state index in [-0.39, 0.29) is 0 Å². The van der Waals surface area contributed by atoms with E-state index in [9.17, 15) is 0 Å². The molecule has 2 heterocycles. The molecule has 68 valence electrons. The van der Waals surface area contributed by atoms with Crippen LogP contribution in [0.1, 0.15) is 25.7 Å². The van der Waals surface area contributed by atoms with E-state index in [0.717, 1.165) is 16.5 Å². The lowest BCUT2D eigenvalue weighted by molar-refractivity contribution is 0.482. The van der Waals surface area contributed by atoms with Crippen molar-refractivity contribution >= 4 is 11.3 Å². The normalized spacial score (nSPS) is 11.0. The number of oxazole rings is 1. The number of hydrogen-bond acceptors (Lipinski definition) is 3. The Bertz CT molecular complexity index is 375. The summed E-state index contributed by atoms with van der Waals surface area (Å²) in [7, 11) is 0. The van der Waals surface area contributed by atoms with Gasteiger partial charge in [0.1, 0.15) is 0 Å². The monoisotopic (exact) mass is 193 g/mol. The Morgan fingerprint density at radius 1 is 1.46 bits per heavy atom. The minimum Gasteiger partial charge on any atom is -0.440 e. The highest BCUT2D eigenvalue weighted by Crippen LogP contribution is 2.27. The van der Waals surface area contributed by atoms with Gasteiger partial charge in [-0.25, -0.2) is 4.98 Å². The van der Waals surface area contributed by atoms with Gasteiger partial charge >= 0.3 is 0 Å². The average Bonchev–Trinajstić information content (AvgIpc) is 2.75. The summed E-state index contributed by atoms with van der Waals surface area (Å²) in [6.45, 7) is 4.15. The van der Waals surface area contributed by atoms with E-state index < -0.39 is 0 Å². The van der Waals surface area contributed by atoms with Gasteiger partial charge < -0.3 is 4.42 Å². The second-order valence-corrected chi connectivity index (χ2v) is 4.14. The summed E-state index contributed by atoms with van der Waals surface area (Å²) in [5, 5.41) is 2.03. The van der Waals surface area contributed by atoms with Crippen LogP contribution >= 0.6 is 11.3 Å². The third kappa shape index (κ3) is 1.65. The number of rotatable bonds is 2. The Kier molecular flexibility index (Phi) is 2.19. The van der Waals surface area contributed by atoms with Crippen molar-refractivity contribution in [3.63, 3.8) is 0 Å². The zero-order chi connectivity index (χ0) is 9.26. The fourth-order valence-corrected chi connectivity index (χ4v) is 1.76. The summed E-state index contributed by atoms with van der Waals surface area (Å²) in [5.74, 6) is 2.04. The summed E-state index contributed by atoms with van der Waals surface area (Å²) >= 11 is 1.67. The predicted octanol–water partition coefficient (Wildman–Crippen LogP) is 3.53. The molecule has 3 heteroatoms. The molecule has 2 rings (SSSR count). The van der Waals surface area contributed by atoms with Crippen LogP contribution in [0.15, 0.2) is 28.1 Å². The molecule has 0 spiro atoms. The van der Waals surface area contributed by atoms with Crippen LogP contribution in [0.25, 0.3) is 10.6 Å². The fraction of sp³-hybridized carbons (Fsp3) is 0.300. The minimum absolute atomic E-state index is 0.355. The first kappa shape index (κ1) is 8.51. The lowest BCUT2D eigenvalue weighted by Gasteiger charge is -1.95. The van der Waals surface area contributed by atoms with Gasteiger partial charge in [-0.15, -0.1) is 11.3 Å². The zero-order valence-corrected chi connectivity index (χ0v) is 8.47. The van der Waals surface area contributed by atoms with Gasteiger partial charge in [-0.1, -0.05) is 19.9 Å². The Balaban J connectivity index is 2.33. The maximum absolute atomic E-state index is 5.59. The van der Waals surface area contributed by atoms with Crippen molar-refractivity contribution in [3.05, 3.63) is 29.6 Å². The zero-order valence-electron chi connectivity index (χ0n) is 7.65. The van der Waals surface area contributed by atoms with Crippen LogP contribution in [0.2, 0.25) is 0 Å². The summed E-state index contributed by atoms with van der Waals surface area (Å²) in [6, 6.07) is 4.05. The molecule has 0 unspecified atom stereocenters. The van der Waals surface area contributed by atoms with Gasteiger partial charge in [0.05, 0.1) is 11.1 Å². The van der Waals surface area contributed by atoms with Crippen molar-refractivity contribution in [2.24, 2.45) is 0 Å². The molecule has 2 aromatic rings. The van der Waals surface area contributed by atoms with Crippen molar-refractivity contribution in [3.8, 4) is 10.6 Å². The van der Waals surface area contributed by atoms with Crippen molar-refractivity contribution in [2.45, 2.75) is 19.8 Å². The summed E-state index contributed by atoms with van der Waals surface area (Å²) in [5.41, 5.74) is 0. The summed E-state index contributed by atoms with van der Waals surface area (Å²) in [6.07, 6.45) is 1.79. The molecule has 0 aliphatic heterocycles. The molecule has 0 amide bonds. The Labute approximate surface area is 81.2 Å². The van der Waals surface area contributed by atoms with E-state index in [2.05, 4.69) is 18.8 Å². The molecule has 0 saturated heterocycles. The van der Waals surface area contributed by atoms with Crippen molar-refractivity contribution < 1.29 is 4.42 Å². The second-order valence-electron chi connectivity index (χ2n) is 3.19. The van der Waals surface area contributed by atoms with Gasteiger partial charge in [-0.05, 0) is 11.4 Å². The minimum atomic E-state index is 0.355. The molecular weight excluding hydrogens is 182 g/mol. The van der Waals surface area contributed by atoms with Crippen LogP contribution in [0.4, 0.5) is 0 Å². The largest absolute Gasteiger partial charge is 0.440 e. The molecule has 13 heavy (non-hydrogen) atoms. The van der Waals surface area contributed by atoms with Gasteiger partial charge in [0, 0.05) is 5.92 Å². The van der Waals surface area contributed by atoms with Gasteiger partial charge in [0.25, 0.3) is 0 Å². The predicted molar refractivity (Wildman–Crippen MR) is 53.9 cm³/mol. The molecular formula is C10H11NOS. The van der Waals surface area contributed by atoms with Crippen LogP contribution < -0.4 is 0 Å². The SMILES string of the molecule is CC(C)c1ncc(-c2cccs2)o1. The standard InChI is InChI=1S/C10H11NOS/c1-7(2)10-11-6-8(12-10)9-4-3-5-13-9/h3-7H,1-2H3. The molecule has 0 N–H and O–H groups in total. The molecule has 0 fully saturated rings. The highest BCUT2D eigenvalue weighted by Gasteiger charge is 2.09. The van der Waals surface area contributed by atoms with E-state index in [1.807, 2.05) is 17.5 Å². The van der Waals surface area contributed by atoms with Crippen LogP contribution in [0, 0.1) is 0 Å². The molecule has 0 atom stereocenters. The summed E-state index contributed by atoms with van der Waals surface area (Å²) in [4.78, 5) is 5.35. The molecule has 0 aliphatic rings. The number of thiophene rings is 1. The van der Waals surface area contributed by atoms with Gasteiger partial charge in [0.15, 0.2) is 11.7 Å². The first-order chi connectivity index (χ1) is 6.27. The topological polar surface area (TPSA) is 26.0 Å². The van der Waals surface area contributed by atoms with E-state index in [1.165, 1.54) is 0 Å². The van der Waals surface area contributed by atoms with Crippen LogP contribution in [-0.4, -0.2) is 4.98 Å². The van der Waals surface area contributed by atoms with Crippen molar-refractivity contribution in [1.82, 2.24) is 4.98 Å². The molecule has 0 radical (unpaired) electrons. The maximum atomic E-state index is 5.59. The Morgan fingerprint density at radius 2 is 2.31 bits per heavy atom.